The van der Waals surface area contributed by atoms with Gasteiger partial charge in [-0.3, -0.25) is 4.40 Å². The molecule has 1 saturated heterocycles. The number of methoxy groups -OCH3 is 1. The molecule has 0 aliphatic carbocycles. The molecule has 4 aromatic rings. The van der Waals surface area contributed by atoms with Crippen molar-refractivity contribution in [2.45, 2.75) is 6.42 Å². The van der Waals surface area contributed by atoms with Gasteiger partial charge in [0, 0.05) is 56.6 Å². The number of nitrogens with one attached hydrogen (secondary N) is 1. The van der Waals surface area contributed by atoms with E-state index in [1.807, 2.05) is 46.3 Å². The predicted molar refractivity (Wildman–Crippen MR) is 132 cm³/mol. The van der Waals surface area contributed by atoms with Crippen LogP contribution >= 0.6 is 11.3 Å². The van der Waals surface area contributed by atoms with Crippen LogP contribution in [0.1, 0.15) is 6.42 Å². The van der Waals surface area contributed by atoms with Crippen molar-refractivity contribution in [3.8, 4) is 28.4 Å². The van der Waals surface area contributed by atoms with Crippen LogP contribution in [0, 0.1) is 0 Å². The lowest BCUT2D eigenvalue weighted by atomic mass is 10.1. The van der Waals surface area contributed by atoms with Gasteiger partial charge in [0.15, 0.2) is 4.96 Å². The second kappa shape index (κ2) is 9.29. The fraction of sp³-hybridized carbons (Fsp3) is 0.318. The number of thiazole rings is 1. The quantitative estimate of drug-likeness (QED) is 0.417. The average molecular weight is 500 g/mol. The lowest BCUT2D eigenvalue weighted by Crippen LogP contribution is -2.49. The molecule has 10 nitrogen and oxygen atoms in total. The van der Waals surface area contributed by atoms with Gasteiger partial charge in [-0.25, -0.2) is 15.0 Å². The Morgan fingerprint density at radius 3 is 2.94 bits per heavy atom. The van der Waals surface area contributed by atoms with E-state index < -0.39 is 10.2 Å². The van der Waals surface area contributed by atoms with Gasteiger partial charge in [0.2, 0.25) is 5.95 Å². The molecule has 178 valence electrons. The van der Waals surface area contributed by atoms with Crippen molar-refractivity contribution in [2.75, 3.05) is 45.7 Å². The van der Waals surface area contributed by atoms with Crippen LogP contribution in [0.4, 0.5) is 5.95 Å². The van der Waals surface area contributed by atoms with E-state index in [0.717, 1.165) is 34.1 Å². The van der Waals surface area contributed by atoms with E-state index in [0.29, 0.717) is 37.8 Å². The molecule has 1 fully saturated rings. The third kappa shape index (κ3) is 4.25. The predicted octanol–water partition coefficient (Wildman–Crippen LogP) is 2.82. The summed E-state index contributed by atoms with van der Waals surface area (Å²) in [5.41, 5.74) is 3.30. The number of hydrogen-bond acceptors (Lipinski definition) is 8. The summed E-state index contributed by atoms with van der Waals surface area (Å²) in [6.07, 6.45) is 4.47. The summed E-state index contributed by atoms with van der Waals surface area (Å²) in [6, 6.07) is 9.63. The largest absolute Gasteiger partial charge is 0.497 e. The molecule has 0 spiro atoms. The SMILES string of the molecule is COc1cccc(-c2nc3sccn3c2-c2ccnc(NCCN3CCCN(C)S3(=O)=O)n2)c1. The molecule has 1 N–H and O–H groups in total. The van der Waals surface area contributed by atoms with Gasteiger partial charge in [-0.15, -0.1) is 11.3 Å². The molecule has 0 radical (unpaired) electrons. The Morgan fingerprint density at radius 2 is 2.09 bits per heavy atom. The Bertz CT molecular complexity index is 1420. The number of ether oxygens (including phenoxy) is 1. The van der Waals surface area contributed by atoms with Gasteiger partial charge >= 0.3 is 0 Å². The van der Waals surface area contributed by atoms with Crippen molar-refractivity contribution in [1.29, 1.82) is 0 Å². The first kappa shape index (κ1) is 22.7. The van der Waals surface area contributed by atoms with Gasteiger partial charge in [-0.2, -0.15) is 17.0 Å². The third-order valence-corrected chi connectivity index (χ3v) is 8.49. The number of anilines is 1. The van der Waals surface area contributed by atoms with Crippen LogP contribution in [0.15, 0.2) is 48.1 Å². The second-order valence-corrected chi connectivity index (χ2v) is 10.8. The summed E-state index contributed by atoms with van der Waals surface area (Å²) in [7, 11) is -0.146. The van der Waals surface area contributed by atoms with Crippen LogP contribution in [-0.2, 0) is 10.2 Å². The van der Waals surface area contributed by atoms with Gasteiger partial charge in [0.25, 0.3) is 10.2 Å². The smallest absolute Gasteiger partial charge is 0.281 e. The van der Waals surface area contributed by atoms with Gasteiger partial charge < -0.3 is 10.1 Å². The number of nitrogens with zero attached hydrogens (tertiary/aromatic N) is 6. The molecule has 1 aliphatic heterocycles. The summed E-state index contributed by atoms with van der Waals surface area (Å²) in [5, 5.41) is 5.16. The number of fused-ring (bicyclic) bond motifs is 1. The Morgan fingerprint density at radius 1 is 1.21 bits per heavy atom. The number of hydrogen-bond donors (Lipinski definition) is 1. The Hall–Kier alpha value is -3.06. The van der Waals surface area contributed by atoms with Crippen LogP contribution in [0.2, 0.25) is 0 Å². The molecule has 0 saturated carbocycles. The highest BCUT2D eigenvalue weighted by Crippen LogP contribution is 2.34. The maximum atomic E-state index is 12.5. The van der Waals surface area contributed by atoms with Crippen LogP contribution < -0.4 is 10.1 Å². The lowest BCUT2D eigenvalue weighted by molar-refractivity contribution is 0.313. The topological polar surface area (TPSA) is 105 Å². The van der Waals surface area contributed by atoms with E-state index >= 15 is 0 Å². The molecule has 0 unspecified atom stereocenters. The normalized spacial score (nSPS) is 16.6. The van der Waals surface area contributed by atoms with Gasteiger partial charge in [0.05, 0.1) is 18.5 Å². The fourth-order valence-corrected chi connectivity index (χ4v) is 6.14. The van der Waals surface area contributed by atoms with E-state index in [9.17, 15) is 8.42 Å². The van der Waals surface area contributed by atoms with Gasteiger partial charge in [-0.05, 0) is 24.6 Å². The molecule has 0 atom stereocenters. The van der Waals surface area contributed by atoms with Crippen LogP contribution in [0.3, 0.4) is 0 Å². The van der Waals surface area contributed by atoms with E-state index in [1.54, 1.807) is 31.7 Å². The van der Waals surface area contributed by atoms with Crippen molar-refractivity contribution in [1.82, 2.24) is 28.0 Å². The first-order chi connectivity index (χ1) is 16.5. The average Bonchev–Trinajstić information content (AvgIpc) is 3.44. The zero-order valence-corrected chi connectivity index (χ0v) is 20.5. The summed E-state index contributed by atoms with van der Waals surface area (Å²) in [4.78, 5) is 14.8. The Balaban J connectivity index is 1.41. The minimum absolute atomic E-state index is 0.344. The molecule has 12 heteroatoms. The van der Waals surface area contributed by atoms with E-state index in [1.165, 1.54) is 8.61 Å². The highest BCUT2D eigenvalue weighted by Gasteiger charge is 2.30. The minimum Gasteiger partial charge on any atom is -0.497 e. The summed E-state index contributed by atoms with van der Waals surface area (Å²) in [6.45, 7) is 1.82. The molecule has 34 heavy (non-hydrogen) atoms. The summed E-state index contributed by atoms with van der Waals surface area (Å²) < 4.78 is 35.2. The Labute approximate surface area is 202 Å². The monoisotopic (exact) mass is 499 g/mol. The zero-order valence-electron chi connectivity index (χ0n) is 18.9. The maximum absolute atomic E-state index is 12.5. The first-order valence-corrected chi connectivity index (χ1v) is 13.1. The van der Waals surface area contributed by atoms with Crippen molar-refractivity contribution >= 4 is 32.5 Å². The van der Waals surface area contributed by atoms with Gasteiger partial charge in [-0.1, -0.05) is 12.1 Å². The van der Waals surface area contributed by atoms with E-state index in [2.05, 4.69) is 10.3 Å². The maximum Gasteiger partial charge on any atom is 0.281 e. The molecule has 1 aliphatic rings. The van der Waals surface area contributed by atoms with Crippen molar-refractivity contribution in [3.63, 3.8) is 0 Å². The summed E-state index contributed by atoms with van der Waals surface area (Å²) in [5.74, 6) is 1.19. The molecular formula is C22H25N7O3S2. The number of imidazole rings is 1. The molecule has 3 aromatic heterocycles. The highest BCUT2D eigenvalue weighted by molar-refractivity contribution is 7.86. The van der Waals surface area contributed by atoms with Crippen LogP contribution in [-0.4, -0.2) is 76.7 Å². The number of benzene rings is 1. The molecule has 5 rings (SSSR count). The first-order valence-electron chi connectivity index (χ1n) is 10.9. The van der Waals surface area contributed by atoms with E-state index in [4.69, 9.17) is 14.7 Å². The molecule has 1 aromatic carbocycles. The molecule has 0 bridgehead atoms. The lowest BCUT2D eigenvalue weighted by Gasteiger charge is -2.32. The standard InChI is InChI=1S/C22H25N7O3S2/c1-27-10-4-11-28(34(27,30)31)12-9-24-21-23-8-7-18(25-21)20-19(26-22-29(20)13-14-33-22)16-5-3-6-17(15-16)32-2/h3,5-8,13-15H,4,9-12H2,1-2H3,(H,23,24,25). The van der Waals surface area contributed by atoms with Crippen molar-refractivity contribution < 1.29 is 13.2 Å². The minimum atomic E-state index is -3.40. The van der Waals surface area contributed by atoms with E-state index in [-0.39, 0.29) is 0 Å². The highest BCUT2D eigenvalue weighted by atomic mass is 32.2. The third-order valence-electron chi connectivity index (χ3n) is 5.75. The van der Waals surface area contributed by atoms with Crippen molar-refractivity contribution in [2.24, 2.45) is 0 Å². The summed E-state index contributed by atoms with van der Waals surface area (Å²) >= 11 is 1.55. The molecular weight excluding hydrogens is 474 g/mol. The second-order valence-electron chi connectivity index (χ2n) is 7.87. The van der Waals surface area contributed by atoms with Gasteiger partial charge in [0.1, 0.15) is 11.4 Å². The number of rotatable bonds is 7. The fourth-order valence-electron chi connectivity index (χ4n) is 4.00. The number of aromatic nitrogens is 4. The molecule has 4 heterocycles. The van der Waals surface area contributed by atoms with Crippen LogP contribution in [0.25, 0.3) is 27.6 Å². The zero-order chi connectivity index (χ0) is 23.7. The van der Waals surface area contributed by atoms with Crippen molar-refractivity contribution in [3.05, 3.63) is 48.1 Å². The molecule has 0 amide bonds. The Kier molecular flexibility index (Phi) is 6.21. The van der Waals surface area contributed by atoms with Crippen LogP contribution in [0.5, 0.6) is 5.75 Å².